The number of aliphatic imine (C=N–C) groups is 1. The van der Waals surface area contributed by atoms with Gasteiger partial charge in [-0.3, -0.25) is 5.32 Å². The molecule has 1 saturated heterocycles. The van der Waals surface area contributed by atoms with Crippen molar-refractivity contribution in [2.24, 2.45) is 4.99 Å². The lowest BCUT2D eigenvalue weighted by Gasteiger charge is -2.26. The number of nitrogens with zero attached hydrogens (tertiary/aromatic N) is 2. The Morgan fingerprint density at radius 3 is 2.75 bits per heavy atom. The molecule has 0 aliphatic carbocycles. The Morgan fingerprint density at radius 2 is 1.96 bits per heavy atom. The highest BCUT2D eigenvalue weighted by atomic mass is 16.6. The summed E-state index contributed by atoms with van der Waals surface area (Å²) in [6.45, 7) is 3.66. The molecule has 1 amide bonds. The lowest BCUT2D eigenvalue weighted by molar-refractivity contribution is 0.0526. The van der Waals surface area contributed by atoms with Gasteiger partial charge in [0.2, 0.25) is 0 Å². The summed E-state index contributed by atoms with van der Waals surface area (Å²) in [6.07, 6.45) is -0.202. The average Bonchev–Trinajstić information content (AvgIpc) is 3.08. The first-order chi connectivity index (χ1) is 13.6. The predicted molar refractivity (Wildman–Crippen MR) is 105 cm³/mol. The topological polar surface area (TPSA) is 80.2 Å². The Balaban J connectivity index is 1.39. The van der Waals surface area contributed by atoms with Gasteiger partial charge in [0, 0.05) is 25.2 Å². The standard InChI is InChI=1S/C21H21N3O4/c1-2-27-20(25)14-7-9-16(10-8-14)22-21(26)28-18-11-12-24-13-15-5-3-4-6-17(15)23-19(18)24/h3-10,18H,2,11-13H2,1H3,(H,22,26)/t18-/m1/s1. The Labute approximate surface area is 163 Å². The molecular formula is C21H21N3O4. The van der Waals surface area contributed by atoms with E-state index in [1.807, 2.05) is 18.2 Å². The van der Waals surface area contributed by atoms with Crippen LogP contribution in [0.2, 0.25) is 0 Å². The number of ether oxygens (including phenoxy) is 2. The van der Waals surface area contributed by atoms with Crippen molar-refractivity contribution in [2.45, 2.75) is 26.0 Å². The highest BCUT2D eigenvalue weighted by molar-refractivity contribution is 5.95. The number of benzene rings is 2. The first-order valence-electron chi connectivity index (χ1n) is 9.30. The van der Waals surface area contributed by atoms with E-state index in [1.165, 1.54) is 5.56 Å². The summed E-state index contributed by atoms with van der Waals surface area (Å²) in [5.41, 5.74) is 3.09. The van der Waals surface area contributed by atoms with Crippen LogP contribution >= 0.6 is 0 Å². The number of rotatable bonds is 4. The fourth-order valence-corrected chi connectivity index (χ4v) is 3.40. The second-order valence-electron chi connectivity index (χ2n) is 6.63. The van der Waals surface area contributed by atoms with Crippen molar-refractivity contribution in [3.05, 3.63) is 59.7 Å². The van der Waals surface area contributed by atoms with Crippen molar-refractivity contribution >= 4 is 29.3 Å². The smallest absolute Gasteiger partial charge is 0.412 e. The fraction of sp³-hybridized carbons (Fsp3) is 0.286. The predicted octanol–water partition coefficient (Wildman–Crippen LogP) is 3.73. The van der Waals surface area contributed by atoms with Gasteiger partial charge in [-0.2, -0.15) is 0 Å². The maximum Gasteiger partial charge on any atom is 0.412 e. The lowest BCUT2D eigenvalue weighted by atomic mass is 10.1. The van der Waals surface area contributed by atoms with Crippen LogP contribution in [-0.4, -0.2) is 42.1 Å². The first-order valence-corrected chi connectivity index (χ1v) is 9.30. The van der Waals surface area contributed by atoms with Crippen molar-refractivity contribution in [1.82, 2.24) is 4.90 Å². The molecule has 1 N–H and O–H groups in total. The number of carbonyl (C=O) groups is 2. The van der Waals surface area contributed by atoms with E-state index < -0.39 is 12.1 Å². The average molecular weight is 379 g/mol. The van der Waals surface area contributed by atoms with Gasteiger partial charge in [-0.05, 0) is 42.8 Å². The Kier molecular flexibility index (Phi) is 4.97. The molecule has 0 bridgehead atoms. The van der Waals surface area contributed by atoms with E-state index in [4.69, 9.17) is 9.47 Å². The number of para-hydroxylation sites is 1. The van der Waals surface area contributed by atoms with Gasteiger partial charge in [-0.15, -0.1) is 0 Å². The van der Waals surface area contributed by atoms with Crippen LogP contribution in [-0.2, 0) is 16.0 Å². The van der Waals surface area contributed by atoms with Gasteiger partial charge in [-0.1, -0.05) is 18.2 Å². The molecule has 2 aliphatic heterocycles. The van der Waals surface area contributed by atoms with Crippen molar-refractivity contribution in [3.63, 3.8) is 0 Å². The summed E-state index contributed by atoms with van der Waals surface area (Å²) in [7, 11) is 0. The molecule has 7 heteroatoms. The summed E-state index contributed by atoms with van der Waals surface area (Å²) in [6, 6.07) is 14.5. The molecule has 2 aromatic carbocycles. The Bertz CT molecular complexity index is 924. The van der Waals surface area contributed by atoms with E-state index in [0.29, 0.717) is 24.3 Å². The third kappa shape index (κ3) is 3.69. The monoisotopic (exact) mass is 379 g/mol. The van der Waals surface area contributed by atoms with Crippen molar-refractivity contribution in [1.29, 1.82) is 0 Å². The van der Waals surface area contributed by atoms with E-state index in [9.17, 15) is 9.59 Å². The van der Waals surface area contributed by atoms with Gasteiger partial charge in [0.1, 0.15) is 5.84 Å². The van der Waals surface area contributed by atoms with Gasteiger partial charge in [-0.25, -0.2) is 14.6 Å². The molecule has 0 aromatic heterocycles. The molecule has 7 nitrogen and oxygen atoms in total. The third-order valence-corrected chi connectivity index (χ3v) is 4.75. The molecule has 144 valence electrons. The minimum atomic E-state index is -0.544. The molecule has 2 aromatic rings. The van der Waals surface area contributed by atoms with Crippen LogP contribution in [0.4, 0.5) is 16.2 Å². The molecule has 0 spiro atoms. The summed E-state index contributed by atoms with van der Waals surface area (Å²) in [4.78, 5) is 30.8. The van der Waals surface area contributed by atoms with Crippen LogP contribution in [0.5, 0.6) is 0 Å². The third-order valence-electron chi connectivity index (χ3n) is 4.75. The molecule has 1 atom stereocenters. The van der Waals surface area contributed by atoms with Crippen LogP contribution in [0, 0.1) is 0 Å². The van der Waals surface area contributed by atoms with Gasteiger partial charge in [0.15, 0.2) is 6.10 Å². The van der Waals surface area contributed by atoms with Crippen molar-refractivity contribution in [2.75, 3.05) is 18.5 Å². The summed E-state index contributed by atoms with van der Waals surface area (Å²) < 4.78 is 10.5. The van der Waals surface area contributed by atoms with Crippen molar-refractivity contribution < 1.29 is 19.1 Å². The molecule has 2 aliphatic rings. The molecule has 2 heterocycles. The van der Waals surface area contributed by atoms with Gasteiger partial charge in [0.05, 0.1) is 17.9 Å². The second-order valence-corrected chi connectivity index (χ2v) is 6.63. The lowest BCUT2D eigenvalue weighted by Crippen LogP contribution is -2.34. The van der Waals surface area contributed by atoms with Crippen molar-refractivity contribution in [3.8, 4) is 0 Å². The molecular weight excluding hydrogens is 358 g/mol. The normalized spacial score (nSPS) is 17.2. The highest BCUT2D eigenvalue weighted by Gasteiger charge is 2.35. The Morgan fingerprint density at radius 1 is 1.18 bits per heavy atom. The quantitative estimate of drug-likeness (QED) is 0.819. The number of carbonyl (C=O) groups excluding carboxylic acids is 2. The summed E-state index contributed by atoms with van der Waals surface area (Å²) in [5.74, 6) is 0.407. The highest BCUT2D eigenvalue weighted by Crippen LogP contribution is 2.31. The summed E-state index contributed by atoms with van der Waals surface area (Å²) >= 11 is 0. The number of hydrogen-bond donors (Lipinski definition) is 1. The van der Waals surface area contributed by atoms with E-state index in [1.54, 1.807) is 31.2 Å². The molecule has 28 heavy (non-hydrogen) atoms. The van der Waals surface area contributed by atoms with E-state index in [-0.39, 0.29) is 6.10 Å². The number of hydrogen-bond acceptors (Lipinski definition) is 6. The number of nitrogens with one attached hydrogen (secondary N) is 1. The van der Waals surface area contributed by atoms with Crippen LogP contribution in [0.1, 0.15) is 29.3 Å². The van der Waals surface area contributed by atoms with Crippen LogP contribution in [0.25, 0.3) is 0 Å². The van der Waals surface area contributed by atoms with E-state index in [2.05, 4.69) is 21.3 Å². The fourth-order valence-electron chi connectivity index (χ4n) is 3.40. The molecule has 1 fully saturated rings. The number of amidine groups is 1. The van der Waals surface area contributed by atoms with Gasteiger partial charge >= 0.3 is 12.1 Å². The zero-order valence-corrected chi connectivity index (χ0v) is 15.6. The van der Waals surface area contributed by atoms with Crippen LogP contribution in [0.3, 0.4) is 0 Å². The zero-order valence-electron chi connectivity index (χ0n) is 15.6. The zero-order chi connectivity index (χ0) is 19.5. The Hall–Kier alpha value is -3.35. The molecule has 0 radical (unpaired) electrons. The number of amides is 1. The SMILES string of the molecule is CCOC(=O)c1ccc(NC(=O)O[C@@H]2CCN3Cc4ccccc4N=C23)cc1. The first kappa shape index (κ1) is 18.0. The van der Waals surface area contributed by atoms with Crippen LogP contribution < -0.4 is 5.32 Å². The number of esters is 1. The largest absolute Gasteiger partial charge is 0.462 e. The summed E-state index contributed by atoms with van der Waals surface area (Å²) in [5, 5.41) is 2.69. The minimum Gasteiger partial charge on any atom is -0.462 e. The second kappa shape index (κ2) is 7.72. The molecule has 0 unspecified atom stereocenters. The van der Waals surface area contributed by atoms with Gasteiger partial charge in [0.25, 0.3) is 0 Å². The maximum absolute atomic E-state index is 12.3. The van der Waals surface area contributed by atoms with Gasteiger partial charge < -0.3 is 14.4 Å². The molecule has 4 rings (SSSR count). The minimum absolute atomic E-state index is 0.317. The number of anilines is 1. The van der Waals surface area contributed by atoms with E-state index in [0.717, 1.165) is 24.6 Å². The molecule has 0 saturated carbocycles. The maximum atomic E-state index is 12.3. The van der Waals surface area contributed by atoms with E-state index >= 15 is 0 Å². The number of fused-ring (bicyclic) bond motifs is 2. The van der Waals surface area contributed by atoms with Crippen LogP contribution in [0.15, 0.2) is 53.5 Å².